The van der Waals surface area contributed by atoms with Crippen LogP contribution in [0.1, 0.15) is 0 Å². The summed E-state index contributed by atoms with van der Waals surface area (Å²) < 4.78 is 6.47. The fraction of sp³-hybridized carbons (Fsp3) is 0. The molecule has 0 saturated carbocycles. The van der Waals surface area contributed by atoms with Gasteiger partial charge in [0.2, 0.25) is 0 Å². The molecule has 1 radical (unpaired) electrons. The van der Waals surface area contributed by atoms with Gasteiger partial charge in [-0.2, -0.15) is 0 Å². The van der Waals surface area contributed by atoms with Gasteiger partial charge in [0.05, 0.1) is 11.9 Å². The van der Waals surface area contributed by atoms with Gasteiger partial charge in [0, 0.05) is 16.8 Å². The van der Waals surface area contributed by atoms with E-state index < -0.39 is 0 Å². The molecule has 25 valence electrons. The first-order chi connectivity index (χ1) is 1.00. The van der Waals surface area contributed by atoms with Crippen molar-refractivity contribution in [2.45, 2.75) is 0 Å². The summed E-state index contributed by atoms with van der Waals surface area (Å²) in [4.78, 5) is 0. The molecule has 0 aromatic rings. The average Bonchev–Trinajstić information content (AvgIpc) is 1.00. The van der Waals surface area contributed by atoms with Crippen LogP contribution in [-0.2, 0) is 16.8 Å². The SMILES string of the molecule is OCl.[Co].[NaH]. The molecule has 0 fully saturated rings. The molecule has 0 unspecified atom stereocenters. The van der Waals surface area contributed by atoms with Gasteiger partial charge >= 0.3 is 29.6 Å². The molecule has 0 rings (SSSR count). The van der Waals surface area contributed by atoms with Crippen molar-refractivity contribution >= 4 is 41.4 Å². The van der Waals surface area contributed by atoms with E-state index in [1.165, 1.54) is 0 Å². The fourth-order valence-corrected chi connectivity index (χ4v) is 0. The van der Waals surface area contributed by atoms with Crippen molar-refractivity contribution in [3.63, 3.8) is 0 Å². The van der Waals surface area contributed by atoms with Crippen LogP contribution in [0.3, 0.4) is 0 Å². The normalized spacial score (nSPS) is 1.50. The van der Waals surface area contributed by atoms with Crippen LogP contribution >= 0.6 is 11.9 Å². The second-order valence-electron chi connectivity index (χ2n) is 0. The molecule has 0 atom stereocenters. The number of halogens is 1. The van der Waals surface area contributed by atoms with Gasteiger partial charge in [0.1, 0.15) is 0 Å². The Hall–Kier alpha value is 1.76. The Morgan fingerprint density at radius 1 is 1.25 bits per heavy atom. The van der Waals surface area contributed by atoms with Crippen molar-refractivity contribution in [3.8, 4) is 0 Å². The third-order valence-corrected chi connectivity index (χ3v) is 0. The van der Waals surface area contributed by atoms with Gasteiger partial charge in [-0.25, -0.2) is 0 Å². The summed E-state index contributed by atoms with van der Waals surface area (Å²) in [6, 6.07) is 0. The zero-order chi connectivity index (χ0) is 2.00. The van der Waals surface area contributed by atoms with Crippen molar-refractivity contribution in [2.24, 2.45) is 0 Å². The summed E-state index contributed by atoms with van der Waals surface area (Å²) >= 11 is 3.64. The number of rotatable bonds is 0. The van der Waals surface area contributed by atoms with Crippen molar-refractivity contribution in [2.75, 3.05) is 0 Å². The molecular formula is H2ClCoNaO. The van der Waals surface area contributed by atoms with E-state index in [0.717, 1.165) is 0 Å². The van der Waals surface area contributed by atoms with Crippen LogP contribution in [0.25, 0.3) is 0 Å². The van der Waals surface area contributed by atoms with Gasteiger partial charge in [-0.1, -0.05) is 0 Å². The van der Waals surface area contributed by atoms with E-state index in [4.69, 9.17) is 4.66 Å². The standard InChI is InChI=1S/ClHO.Co.Na.H/c1-2;;;/h2H;;;. The van der Waals surface area contributed by atoms with E-state index in [1.807, 2.05) is 0 Å². The molecule has 0 aromatic heterocycles. The van der Waals surface area contributed by atoms with E-state index >= 15 is 0 Å². The monoisotopic (exact) mass is 135 g/mol. The minimum atomic E-state index is 0. The van der Waals surface area contributed by atoms with Crippen LogP contribution in [-0.4, -0.2) is 34.2 Å². The van der Waals surface area contributed by atoms with E-state index in [-0.39, 0.29) is 46.3 Å². The van der Waals surface area contributed by atoms with Gasteiger partial charge in [-0.05, 0) is 0 Å². The van der Waals surface area contributed by atoms with Gasteiger partial charge in [0.25, 0.3) is 0 Å². The quantitative estimate of drug-likeness (QED) is 0.443. The number of hydrogen-bond acceptors (Lipinski definition) is 1. The first-order valence-electron chi connectivity index (χ1n) is 0.169. The van der Waals surface area contributed by atoms with Crippen molar-refractivity contribution in [3.05, 3.63) is 0 Å². The van der Waals surface area contributed by atoms with E-state index in [9.17, 15) is 0 Å². The zero-order valence-corrected chi connectivity index (χ0v) is 2.96. The summed E-state index contributed by atoms with van der Waals surface area (Å²) in [7, 11) is 0. The second kappa shape index (κ2) is 21.8. The molecule has 4 heteroatoms. The topological polar surface area (TPSA) is 20.2 Å². The zero-order valence-electron chi connectivity index (χ0n) is 1.16. The Bertz CT molecular complexity index is 8.00. The van der Waals surface area contributed by atoms with Crippen LogP contribution in [0, 0.1) is 0 Å². The van der Waals surface area contributed by atoms with Crippen LogP contribution < -0.4 is 0 Å². The fourth-order valence-electron chi connectivity index (χ4n) is 0. The Morgan fingerprint density at radius 2 is 1.25 bits per heavy atom. The molecule has 0 spiro atoms. The molecule has 1 N–H and O–H groups in total. The third kappa shape index (κ3) is 9.25. The van der Waals surface area contributed by atoms with Crippen LogP contribution in [0.4, 0.5) is 0 Å². The summed E-state index contributed by atoms with van der Waals surface area (Å²) in [5.41, 5.74) is 0. The molecule has 0 aliphatic carbocycles. The molecule has 0 aromatic carbocycles. The molecule has 0 aliphatic heterocycles. The summed E-state index contributed by atoms with van der Waals surface area (Å²) in [5, 5.41) is 0. The van der Waals surface area contributed by atoms with Gasteiger partial charge in [-0.3, -0.25) is 4.66 Å². The first-order valence-corrected chi connectivity index (χ1v) is 0.507. The molecule has 1 nitrogen and oxygen atoms in total. The minimum absolute atomic E-state index is 0. The van der Waals surface area contributed by atoms with Gasteiger partial charge in [-0.15, -0.1) is 0 Å². The molecule has 0 saturated heterocycles. The van der Waals surface area contributed by atoms with E-state index in [2.05, 4.69) is 11.9 Å². The maximum atomic E-state index is 6.47. The van der Waals surface area contributed by atoms with Gasteiger partial charge < -0.3 is 0 Å². The van der Waals surface area contributed by atoms with Crippen molar-refractivity contribution in [1.29, 1.82) is 0 Å². The Labute approximate surface area is 62.4 Å². The van der Waals surface area contributed by atoms with Crippen molar-refractivity contribution in [1.82, 2.24) is 0 Å². The Balaban J connectivity index is -0.00000000500. The predicted molar refractivity (Wildman–Crippen MR) is 15.2 cm³/mol. The molecular weight excluding hydrogens is 133 g/mol. The molecule has 0 aliphatic rings. The second-order valence-corrected chi connectivity index (χ2v) is 0. The van der Waals surface area contributed by atoms with E-state index in [0.29, 0.717) is 0 Å². The molecule has 4 heavy (non-hydrogen) atoms. The predicted octanol–water partition coefficient (Wildman–Crippen LogP) is -0.518. The summed E-state index contributed by atoms with van der Waals surface area (Å²) in [6.45, 7) is 0. The Kier molecular flexibility index (Phi) is 93.2. The summed E-state index contributed by atoms with van der Waals surface area (Å²) in [5.74, 6) is 0. The number of hydrogen-bond donors (Lipinski definition) is 1. The van der Waals surface area contributed by atoms with Crippen LogP contribution in [0.2, 0.25) is 0 Å². The average molecular weight is 135 g/mol. The third-order valence-electron chi connectivity index (χ3n) is 0. The van der Waals surface area contributed by atoms with Crippen LogP contribution in [0.15, 0.2) is 0 Å². The summed E-state index contributed by atoms with van der Waals surface area (Å²) in [6.07, 6.45) is 0. The van der Waals surface area contributed by atoms with E-state index in [1.54, 1.807) is 0 Å². The molecule has 0 heterocycles. The van der Waals surface area contributed by atoms with Crippen molar-refractivity contribution < 1.29 is 21.4 Å². The maximum absolute atomic E-state index is 6.47. The van der Waals surface area contributed by atoms with Crippen LogP contribution in [0.5, 0.6) is 0 Å². The Morgan fingerprint density at radius 3 is 1.25 bits per heavy atom. The van der Waals surface area contributed by atoms with Gasteiger partial charge in [0.15, 0.2) is 0 Å². The first kappa shape index (κ1) is 17.1. The molecule has 0 bridgehead atoms. The molecule has 0 amide bonds.